The van der Waals surface area contributed by atoms with Gasteiger partial charge in [-0.3, -0.25) is 9.36 Å². The number of halogens is 2. The highest BCUT2D eigenvalue weighted by molar-refractivity contribution is 6.55. The van der Waals surface area contributed by atoms with Gasteiger partial charge in [-0.2, -0.15) is 0 Å². The Labute approximate surface area is 100 Å². The van der Waals surface area contributed by atoms with Gasteiger partial charge in [0, 0.05) is 12.6 Å². The highest BCUT2D eigenvalue weighted by atomic mass is 35.5. The molecule has 16 heavy (non-hydrogen) atoms. The Bertz CT molecular complexity index is 612. The molecule has 0 amide bonds. The van der Waals surface area contributed by atoms with Gasteiger partial charge < -0.3 is 4.42 Å². The minimum absolute atomic E-state index is 0.317. The maximum absolute atomic E-state index is 11.5. The second-order valence-corrected chi connectivity index (χ2v) is 4.37. The number of carbonyl (C=O) groups is 1. The lowest BCUT2D eigenvalue weighted by Gasteiger charge is -2.00. The molecule has 2 aromatic rings. The molecule has 0 atom stereocenters. The molecule has 0 bridgehead atoms. The zero-order chi connectivity index (χ0) is 11.9. The van der Waals surface area contributed by atoms with Crippen molar-refractivity contribution in [1.29, 1.82) is 0 Å². The topological polar surface area (TPSA) is 52.2 Å². The van der Waals surface area contributed by atoms with E-state index in [1.807, 2.05) is 0 Å². The summed E-state index contributed by atoms with van der Waals surface area (Å²) in [6.07, 6.45) is 0. The number of benzene rings is 1. The number of aromatic nitrogens is 1. The number of hydrogen-bond acceptors (Lipinski definition) is 3. The van der Waals surface area contributed by atoms with Gasteiger partial charge in [-0.05, 0) is 18.2 Å². The van der Waals surface area contributed by atoms with Crippen LogP contribution in [0, 0.1) is 0 Å². The largest absolute Gasteiger partial charge is 0.419 e. The third kappa shape index (κ3) is 1.74. The molecule has 1 heterocycles. The SMILES string of the molecule is Cn1c(=O)oc2cc(C(=O)C(Cl)Cl)ccc21. The lowest BCUT2D eigenvalue weighted by molar-refractivity contribution is 0.101. The van der Waals surface area contributed by atoms with Crippen molar-refractivity contribution in [2.45, 2.75) is 4.84 Å². The zero-order valence-electron chi connectivity index (χ0n) is 8.24. The quantitative estimate of drug-likeness (QED) is 0.613. The lowest BCUT2D eigenvalue weighted by Crippen LogP contribution is -2.08. The Morgan fingerprint density at radius 3 is 2.75 bits per heavy atom. The molecule has 84 valence electrons. The van der Waals surface area contributed by atoms with E-state index in [9.17, 15) is 9.59 Å². The number of nitrogens with zero attached hydrogens (tertiary/aromatic N) is 1. The molecule has 0 fully saturated rings. The maximum Gasteiger partial charge on any atom is 0.419 e. The first-order valence-electron chi connectivity index (χ1n) is 4.42. The maximum atomic E-state index is 11.5. The molecule has 2 rings (SSSR count). The number of hydrogen-bond donors (Lipinski definition) is 0. The summed E-state index contributed by atoms with van der Waals surface area (Å²) in [5.41, 5.74) is 1.27. The van der Waals surface area contributed by atoms with Crippen molar-refractivity contribution in [3.8, 4) is 0 Å². The monoisotopic (exact) mass is 259 g/mol. The standard InChI is InChI=1S/C10H7Cl2NO3/c1-13-6-3-2-5(8(14)9(11)12)4-7(6)16-10(13)15/h2-4,9H,1H3. The van der Waals surface area contributed by atoms with Gasteiger partial charge in [0.2, 0.25) is 0 Å². The Balaban J connectivity index is 2.61. The molecule has 0 spiro atoms. The summed E-state index contributed by atoms with van der Waals surface area (Å²) in [5, 5.41) is 0. The number of Topliss-reactive ketones (excluding diaryl/α,β-unsaturated/α-hetero) is 1. The van der Waals surface area contributed by atoms with Crippen LogP contribution in [0.4, 0.5) is 0 Å². The minimum Gasteiger partial charge on any atom is -0.408 e. The number of oxazole rings is 1. The fourth-order valence-corrected chi connectivity index (χ4v) is 1.67. The third-order valence-corrected chi connectivity index (χ3v) is 2.67. The van der Waals surface area contributed by atoms with Crippen LogP contribution in [0.25, 0.3) is 11.1 Å². The first kappa shape index (κ1) is 11.2. The smallest absolute Gasteiger partial charge is 0.408 e. The summed E-state index contributed by atoms with van der Waals surface area (Å²) in [6, 6.07) is 4.62. The molecule has 6 heteroatoms. The molecule has 0 radical (unpaired) electrons. The van der Waals surface area contributed by atoms with Gasteiger partial charge in [0.1, 0.15) is 0 Å². The van der Waals surface area contributed by atoms with Gasteiger partial charge in [-0.25, -0.2) is 4.79 Å². The van der Waals surface area contributed by atoms with Crippen LogP contribution in [0.3, 0.4) is 0 Å². The molecule has 0 N–H and O–H groups in total. The zero-order valence-corrected chi connectivity index (χ0v) is 9.75. The van der Waals surface area contributed by atoms with Crippen molar-refractivity contribution in [3.05, 3.63) is 34.3 Å². The molecule has 0 saturated heterocycles. The minimum atomic E-state index is -1.12. The van der Waals surface area contributed by atoms with Gasteiger partial charge in [0.25, 0.3) is 0 Å². The second kappa shape index (κ2) is 3.96. The summed E-state index contributed by atoms with van der Waals surface area (Å²) in [6.45, 7) is 0. The Morgan fingerprint density at radius 1 is 1.44 bits per heavy atom. The summed E-state index contributed by atoms with van der Waals surface area (Å²) >= 11 is 10.9. The number of aryl methyl sites for hydroxylation is 1. The van der Waals surface area contributed by atoms with E-state index in [-0.39, 0.29) is 0 Å². The number of alkyl halides is 2. The van der Waals surface area contributed by atoms with Crippen LogP contribution >= 0.6 is 23.2 Å². The molecule has 0 saturated carbocycles. The van der Waals surface area contributed by atoms with Crippen LogP contribution in [0.2, 0.25) is 0 Å². The van der Waals surface area contributed by atoms with E-state index in [4.69, 9.17) is 27.6 Å². The fourth-order valence-electron chi connectivity index (χ4n) is 1.41. The van der Waals surface area contributed by atoms with Crippen LogP contribution in [-0.4, -0.2) is 15.2 Å². The number of carbonyl (C=O) groups excluding carboxylic acids is 1. The van der Waals surface area contributed by atoms with E-state index >= 15 is 0 Å². The van der Waals surface area contributed by atoms with Crippen molar-refractivity contribution in [2.24, 2.45) is 7.05 Å². The number of fused-ring (bicyclic) bond motifs is 1. The van der Waals surface area contributed by atoms with Gasteiger partial charge in [0.05, 0.1) is 5.52 Å². The van der Waals surface area contributed by atoms with E-state index in [1.165, 1.54) is 10.6 Å². The molecule has 1 aromatic carbocycles. The van der Waals surface area contributed by atoms with Crippen LogP contribution in [-0.2, 0) is 7.05 Å². The average molecular weight is 260 g/mol. The number of ketones is 1. The lowest BCUT2D eigenvalue weighted by atomic mass is 10.1. The van der Waals surface area contributed by atoms with Crippen molar-refractivity contribution in [2.75, 3.05) is 0 Å². The normalized spacial score (nSPS) is 11.2. The molecule has 0 unspecified atom stereocenters. The predicted molar refractivity (Wildman–Crippen MR) is 61.3 cm³/mol. The second-order valence-electron chi connectivity index (χ2n) is 3.27. The molecule has 0 aliphatic rings. The third-order valence-electron chi connectivity index (χ3n) is 2.28. The Hall–Kier alpha value is -1.26. The average Bonchev–Trinajstić information content (AvgIpc) is 2.53. The van der Waals surface area contributed by atoms with E-state index in [1.54, 1.807) is 19.2 Å². The summed E-state index contributed by atoms with van der Waals surface area (Å²) in [5.74, 6) is -0.898. The van der Waals surface area contributed by atoms with Crippen molar-refractivity contribution >= 4 is 40.1 Å². The van der Waals surface area contributed by atoms with Crippen molar-refractivity contribution < 1.29 is 9.21 Å². The number of rotatable bonds is 2. The first-order valence-corrected chi connectivity index (χ1v) is 5.30. The first-order chi connectivity index (χ1) is 7.50. The van der Waals surface area contributed by atoms with Crippen molar-refractivity contribution in [3.63, 3.8) is 0 Å². The molecular weight excluding hydrogens is 253 g/mol. The molecule has 0 aliphatic carbocycles. The van der Waals surface area contributed by atoms with Crippen LogP contribution < -0.4 is 5.76 Å². The van der Waals surface area contributed by atoms with Crippen LogP contribution in [0.15, 0.2) is 27.4 Å². The van der Waals surface area contributed by atoms with Crippen molar-refractivity contribution in [1.82, 2.24) is 4.57 Å². The van der Waals surface area contributed by atoms with Crippen LogP contribution in [0.1, 0.15) is 10.4 Å². The molecule has 1 aromatic heterocycles. The highest BCUT2D eigenvalue weighted by Gasteiger charge is 2.16. The van der Waals surface area contributed by atoms with Gasteiger partial charge in [-0.15, -0.1) is 0 Å². The van der Waals surface area contributed by atoms with Gasteiger partial charge in [0.15, 0.2) is 16.2 Å². The highest BCUT2D eigenvalue weighted by Crippen LogP contribution is 2.18. The molecule has 4 nitrogen and oxygen atoms in total. The summed E-state index contributed by atoms with van der Waals surface area (Å²) < 4.78 is 6.29. The Morgan fingerprint density at radius 2 is 2.12 bits per heavy atom. The van der Waals surface area contributed by atoms with E-state index in [2.05, 4.69) is 0 Å². The molecular formula is C10H7Cl2NO3. The van der Waals surface area contributed by atoms with Gasteiger partial charge >= 0.3 is 5.76 Å². The summed E-state index contributed by atoms with van der Waals surface area (Å²) in [4.78, 5) is 21.6. The van der Waals surface area contributed by atoms with E-state index in [0.29, 0.717) is 16.7 Å². The predicted octanol–water partition coefficient (Wildman–Crippen LogP) is 2.12. The van der Waals surface area contributed by atoms with E-state index < -0.39 is 16.4 Å². The Kier molecular flexibility index (Phi) is 2.78. The van der Waals surface area contributed by atoms with E-state index in [0.717, 1.165) is 0 Å². The fraction of sp³-hybridized carbons (Fsp3) is 0.200. The van der Waals surface area contributed by atoms with Crippen LogP contribution in [0.5, 0.6) is 0 Å². The molecule has 0 aliphatic heterocycles. The summed E-state index contributed by atoms with van der Waals surface area (Å²) in [7, 11) is 1.58. The van der Waals surface area contributed by atoms with Gasteiger partial charge in [-0.1, -0.05) is 23.2 Å².